The second kappa shape index (κ2) is 5.20. The van der Waals surface area contributed by atoms with Gasteiger partial charge in [0.15, 0.2) is 0 Å². The molecule has 2 aromatic rings. The molecule has 3 rings (SSSR count). The van der Waals surface area contributed by atoms with Crippen molar-refractivity contribution in [1.29, 1.82) is 0 Å². The first-order chi connectivity index (χ1) is 10.4. The van der Waals surface area contributed by atoms with Crippen LogP contribution in [0.1, 0.15) is 35.5 Å². The topological polar surface area (TPSA) is 115 Å². The molecule has 8 heteroatoms. The maximum Gasteiger partial charge on any atom is 0.311 e. The molecule has 0 spiro atoms. The van der Waals surface area contributed by atoms with Gasteiger partial charge in [-0.25, -0.2) is 4.98 Å². The molecule has 0 aromatic carbocycles. The fourth-order valence-corrected chi connectivity index (χ4v) is 4.26. The van der Waals surface area contributed by atoms with Crippen molar-refractivity contribution in [3.8, 4) is 0 Å². The van der Waals surface area contributed by atoms with E-state index in [9.17, 15) is 19.5 Å². The van der Waals surface area contributed by atoms with Gasteiger partial charge in [0, 0.05) is 11.3 Å². The fourth-order valence-electron chi connectivity index (χ4n) is 3.00. The number of nitrogens with zero attached hydrogens (tertiary/aromatic N) is 2. The molecule has 2 heterocycles. The summed E-state index contributed by atoms with van der Waals surface area (Å²) < 4.78 is 1.26. The zero-order chi connectivity index (χ0) is 16.0. The van der Waals surface area contributed by atoms with Crippen molar-refractivity contribution in [1.82, 2.24) is 9.55 Å². The van der Waals surface area contributed by atoms with Crippen LogP contribution in [-0.2, 0) is 29.0 Å². The van der Waals surface area contributed by atoms with Crippen LogP contribution in [0.3, 0.4) is 0 Å². The summed E-state index contributed by atoms with van der Waals surface area (Å²) >= 11 is 1.37. The summed E-state index contributed by atoms with van der Waals surface area (Å²) in [6.07, 6.45) is 1.63. The number of primary amides is 1. The summed E-state index contributed by atoms with van der Waals surface area (Å²) in [6.45, 7) is 1.60. The summed E-state index contributed by atoms with van der Waals surface area (Å²) in [7, 11) is 0. The van der Waals surface area contributed by atoms with Gasteiger partial charge < -0.3 is 10.8 Å². The van der Waals surface area contributed by atoms with Crippen LogP contribution in [-0.4, -0.2) is 26.5 Å². The highest BCUT2D eigenvalue weighted by Crippen LogP contribution is 2.42. The van der Waals surface area contributed by atoms with Crippen LogP contribution >= 0.6 is 11.3 Å². The number of aromatic nitrogens is 2. The number of carboxylic acids is 1. The van der Waals surface area contributed by atoms with Crippen LogP contribution < -0.4 is 11.3 Å². The number of aliphatic carboxylic acids is 1. The van der Waals surface area contributed by atoms with Crippen molar-refractivity contribution in [2.45, 2.75) is 38.6 Å². The van der Waals surface area contributed by atoms with Crippen LogP contribution in [0, 0.1) is 0 Å². The van der Waals surface area contributed by atoms with Gasteiger partial charge in [-0.05, 0) is 18.4 Å². The second-order valence-electron chi connectivity index (χ2n) is 5.29. The van der Waals surface area contributed by atoms with Gasteiger partial charge in [0.25, 0.3) is 5.56 Å². The fraction of sp³-hybridized carbons (Fsp3) is 0.429. The molecular formula is C14H15N3O4S. The number of rotatable bonds is 4. The molecule has 3 N–H and O–H groups in total. The highest BCUT2D eigenvalue weighted by molar-refractivity contribution is 7.18. The quantitative estimate of drug-likeness (QED) is 0.856. The van der Waals surface area contributed by atoms with Gasteiger partial charge in [0.2, 0.25) is 5.91 Å². The van der Waals surface area contributed by atoms with Gasteiger partial charge in [-0.1, -0.05) is 6.92 Å². The Bertz CT molecular complexity index is 852. The number of fused-ring (bicyclic) bond motifs is 3. The number of nitrogens with two attached hydrogens (primary N) is 1. The van der Waals surface area contributed by atoms with Crippen molar-refractivity contribution in [2.75, 3.05) is 0 Å². The minimum Gasteiger partial charge on any atom is -0.481 e. The Labute approximate surface area is 129 Å². The largest absolute Gasteiger partial charge is 0.481 e. The smallest absolute Gasteiger partial charge is 0.311 e. The third kappa shape index (κ3) is 2.10. The summed E-state index contributed by atoms with van der Waals surface area (Å²) in [5, 5.41) is 9.68. The molecule has 116 valence electrons. The molecule has 0 radical (unpaired) electrons. The molecule has 1 aliphatic carbocycles. The van der Waals surface area contributed by atoms with E-state index in [0.717, 1.165) is 4.88 Å². The second-order valence-corrected chi connectivity index (χ2v) is 6.37. The standard InChI is InChI=1S/C14H15N3O4S/c1-2-9-16-12-11(13(19)17(9)5-8(15)18)10-6(14(20)21)3-4-7(10)22-12/h6H,2-5H2,1H3,(H2,15,18)(H,20,21). The first-order valence-corrected chi connectivity index (χ1v) is 7.81. The summed E-state index contributed by atoms with van der Waals surface area (Å²) in [5.41, 5.74) is 5.41. The van der Waals surface area contributed by atoms with Crippen LogP contribution in [0.15, 0.2) is 4.79 Å². The van der Waals surface area contributed by atoms with E-state index in [1.54, 1.807) is 0 Å². The molecule has 0 fully saturated rings. The van der Waals surface area contributed by atoms with Gasteiger partial charge in [0.1, 0.15) is 17.2 Å². The molecule has 0 bridgehead atoms. The maximum absolute atomic E-state index is 12.8. The lowest BCUT2D eigenvalue weighted by molar-refractivity contribution is -0.138. The Hall–Kier alpha value is -2.22. The highest BCUT2D eigenvalue weighted by Gasteiger charge is 2.34. The Balaban J connectivity index is 2.32. The molecule has 1 atom stereocenters. The molecule has 1 amide bonds. The van der Waals surface area contributed by atoms with Crippen molar-refractivity contribution in [3.63, 3.8) is 0 Å². The number of thiophene rings is 1. The SMILES string of the molecule is CCc1nc2sc3c(c2c(=O)n1CC(N)=O)C(C(=O)O)CC3. The van der Waals surface area contributed by atoms with E-state index in [1.165, 1.54) is 15.9 Å². The van der Waals surface area contributed by atoms with E-state index in [-0.39, 0.29) is 12.1 Å². The van der Waals surface area contributed by atoms with E-state index in [1.807, 2.05) is 6.92 Å². The molecule has 22 heavy (non-hydrogen) atoms. The van der Waals surface area contributed by atoms with E-state index >= 15 is 0 Å². The van der Waals surface area contributed by atoms with Crippen molar-refractivity contribution in [3.05, 3.63) is 26.6 Å². The molecular weight excluding hydrogens is 306 g/mol. The lowest BCUT2D eigenvalue weighted by Gasteiger charge is -2.10. The van der Waals surface area contributed by atoms with Gasteiger partial charge in [-0.2, -0.15) is 0 Å². The van der Waals surface area contributed by atoms with E-state index in [2.05, 4.69) is 4.98 Å². The lowest BCUT2D eigenvalue weighted by Crippen LogP contribution is -2.31. The zero-order valence-corrected chi connectivity index (χ0v) is 12.8. The summed E-state index contributed by atoms with van der Waals surface area (Å²) in [4.78, 5) is 41.3. The molecule has 0 saturated carbocycles. The number of carboxylic acid groups (broad SMARTS) is 1. The average Bonchev–Trinajstić information content (AvgIpc) is 2.99. The first kappa shape index (κ1) is 14.7. The third-order valence-electron chi connectivity index (χ3n) is 3.94. The Kier molecular flexibility index (Phi) is 3.48. The van der Waals surface area contributed by atoms with Gasteiger partial charge in [-0.3, -0.25) is 19.0 Å². The van der Waals surface area contributed by atoms with Crippen molar-refractivity contribution >= 4 is 33.4 Å². The van der Waals surface area contributed by atoms with Crippen LogP contribution in [0.5, 0.6) is 0 Å². The number of amides is 1. The monoisotopic (exact) mass is 321 g/mol. The molecule has 7 nitrogen and oxygen atoms in total. The number of carbonyl (C=O) groups is 2. The summed E-state index contributed by atoms with van der Waals surface area (Å²) in [6, 6.07) is 0. The Morgan fingerprint density at radius 2 is 2.23 bits per heavy atom. The molecule has 1 unspecified atom stereocenters. The van der Waals surface area contributed by atoms with E-state index in [0.29, 0.717) is 40.9 Å². The highest BCUT2D eigenvalue weighted by atomic mass is 32.1. The first-order valence-electron chi connectivity index (χ1n) is 7.00. The summed E-state index contributed by atoms with van der Waals surface area (Å²) in [5.74, 6) is -1.74. The molecule has 0 aliphatic heterocycles. The predicted molar refractivity (Wildman–Crippen MR) is 81.2 cm³/mol. The minimum absolute atomic E-state index is 0.243. The van der Waals surface area contributed by atoms with Crippen molar-refractivity contribution in [2.24, 2.45) is 5.73 Å². The average molecular weight is 321 g/mol. The van der Waals surface area contributed by atoms with Crippen LogP contribution in [0.25, 0.3) is 10.2 Å². The number of hydrogen-bond donors (Lipinski definition) is 2. The van der Waals surface area contributed by atoms with Gasteiger partial charge in [0.05, 0.1) is 11.3 Å². The third-order valence-corrected chi connectivity index (χ3v) is 5.10. The van der Waals surface area contributed by atoms with Crippen LogP contribution in [0.4, 0.5) is 0 Å². The Morgan fingerprint density at radius 1 is 1.50 bits per heavy atom. The number of hydrogen-bond acceptors (Lipinski definition) is 5. The van der Waals surface area contributed by atoms with Crippen LogP contribution in [0.2, 0.25) is 0 Å². The molecule has 0 saturated heterocycles. The molecule has 2 aromatic heterocycles. The maximum atomic E-state index is 12.8. The number of aryl methyl sites for hydroxylation is 2. The van der Waals surface area contributed by atoms with E-state index in [4.69, 9.17) is 5.73 Å². The van der Waals surface area contributed by atoms with Crippen molar-refractivity contribution < 1.29 is 14.7 Å². The van der Waals surface area contributed by atoms with E-state index < -0.39 is 17.8 Å². The lowest BCUT2D eigenvalue weighted by atomic mass is 10.0. The molecule has 1 aliphatic rings. The normalized spacial score (nSPS) is 16.9. The number of carbonyl (C=O) groups excluding carboxylic acids is 1. The minimum atomic E-state index is -0.932. The Morgan fingerprint density at radius 3 is 2.82 bits per heavy atom. The van der Waals surface area contributed by atoms with Gasteiger partial charge >= 0.3 is 5.97 Å². The van der Waals surface area contributed by atoms with Gasteiger partial charge in [-0.15, -0.1) is 11.3 Å². The predicted octanol–water partition coefficient (Wildman–Crippen LogP) is 0.620. The zero-order valence-electron chi connectivity index (χ0n) is 12.0.